The number of benzene rings is 1. The van der Waals surface area contributed by atoms with Crippen LogP contribution in [0.25, 0.3) is 0 Å². The first-order chi connectivity index (χ1) is 11.8. The molecule has 0 aromatic heterocycles. The highest BCUT2D eigenvalue weighted by Gasteiger charge is 2.21. The molecule has 0 aliphatic carbocycles. The minimum absolute atomic E-state index is 0.0671. The van der Waals surface area contributed by atoms with Crippen molar-refractivity contribution in [2.24, 2.45) is 5.73 Å². The summed E-state index contributed by atoms with van der Waals surface area (Å²) in [4.78, 5) is 12.7. The molecule has 6 nitrogen and oxygen atoms in total. The molecular formula is C17H25FN2O4S. The van der Waals surface area contributed by atoms with Gasteiger partial charge in [0.15, 0.2) is 9.84 Å². The summed E-state index contributed by atoms with van der Waals surface area (Å²) >= 11 is 0. The lowest BCUT2D eigenvalue weighted by atomic mass is 10.2. The number of primary amides is 1. The van der Waals surface area contributed by atoms with Gasteiger partial charge in [-0.15, -0.1) is 0 Å². The first-order valence-corrected chi connectivity index (χ1v) is 10.2. The summed E-state index contributed by atoms with van der Waals surface area (Å²) in [5.41, 5.74) is 5.80. The van der Waals surface area contributed by atoms with E-state index in [0.29, 0.717) is 19.6 Å². The lowest BCUT2D eigenvalue weighted by molar-refractivity contribution is -0.117. The van der Waals surface area contributed by atoms with Crippen molar-refractivity contribution in [1.29, 1.82) is 0 Å². The van der Waals surface area contributed by atoms with E-state index < -0.39 is 15.7 Å². The maximum Gasteiger partial charge on any atom is 0.218 e. The van der Waals surface area contributed by atoms with E-state index in [2.05, 4.69) is 0 Å². The fraction of sp³-hybridized carbons (Fsp3) is 0.588. The van der Waals surface area contributed by atoms with Crippen molar-refractivity contribution in [3.8, 4) is 0 Å². The molecule has 0 spiro atoms. The van der Waals surface area contributed by atoms with Gasteiger partial charge in [-0.2, -0.15) is 0 Å². The topological polar surface area (TPSA) is 89.7 Å². The van der Waals surface area contributed by atoms with Crippen LogP contribution in [0.3, 0.4) is 0 Å². The average Bonchev–Trinajstić information content (AvgIpc) is 3.04. The molecule has 1 aliphatic heterocycles. The number of hydrogen-bond acceptors (Lipinski definition) is 5. The highest BCUT2D eigenvalue weighted by atomic mass is 32.2. The SMILES string of the molecule is NC(=O)CCS(=O)(=O)CCN(Cc1cccc(F)c1)C[C@@H]1CCCO1. The maximum atomic E-state index is 13.4. The normalized spacial score (nSPS) is 17.9. The molecule has 140 valence electrons. The van der Waals surface area contributed by atoms with E-state index in [1.54, 1.807) is 6.07 Å². The Morgan fingerprint density at radius 1 is 1.36 bits per heavy atom. The third kappa shape index (κ3) is 7.50. The van der Waals surface area contributed by atoms with Crippen LogP contribution in [0.5, 0.6) is 0 Å². The van der Waals surface area contributed by atoms with Gasteiger partial charge in [0.2, 0.25) is 5.91 Å². The van der Waals surface area contributed by atoms with E-state index in [1.807, 2.05) is 11.0 Å². The maximum absolute atomic E-state index is 13.4. The summed E-state index contributed by atoms with van der Waals surface area (Å²) < 4.78 is 43.1. The van der Waals surface area contributed by atoms with Gasteiger partial charge in [0.25, 0.3) is 0 Å². The lowest BCUT2D eigenvalue weighted by Crippen LogP contribution is -2.36. The van der Waals surface area contributed by atoms with Gasteiger partial charge >= 0.3 is 0 Å². The minimum atomic E-state index is -3.36. The fourth-order valence-corrected chi connectivity index (χ4v) is 4.08. The van der Waals surface area contributed by atoms with Crippen LogP contribution in [0.2, 0.25) is 0 Å². The summed E-state index contributed by atoms with van der Waals surface area (Å²) in [6.07, 6.45) is 1.84. The Kier molecular flexibility index (Phi) is 7.34. The third-order valence-corrected chi connectivity index (χ3v) is 5.79. The van der Waals surface area contributed by atoms with Crippen LogP contribution in [0, 0.1) is 5.82 Å². The number of ether oxygens (including phenoxy) is 1. The Morgan fingerprint density at radius 2 is 2.16 bits per heavy atom. The molecule has 0 radical (unpaired) electrons. The Hall–Kier alpha value is -1.51. The molecule has 1 aromatic rings. The molecule has 8 heteroatoms. The van der Waals surface area contributed by atoms with Crippen LogP contribution in [0.4, 0.5) is 4.39 Å². The summed E-state index contributed by atoms with van der Waals surface area (Å²) in [6.45, 7) is 2.07. The molecule has 25 heavy (non-hydrogen) atoms. The number of carbonyl (C=O) groups is 1. The third-order valence-electron chi connectivity index (χ3n) is 4.16. The molecule has 1 aliphatic rings. The first-order valence-electron chi connectivity index (χ1n) is 8.41. The number of sulfone groups is 1. The van der Waals surface area contributed by atoms with Gasteiger partial charge in [-0.1, -0.05) is 12.1 Å². The second-order valence-electron chi connectivity index (χ2n) is 6.37. The molecule has 1 atom stereocenters. The van der Waals surface area contributed by atoms with Gasteiger partial charge in [0.1, 0.15) is 5.82 Å². The van der Waals surface area contributed by atoms with Gasteiger partial charge in [0, 0.05) is 32.7 Å². The van der Waals surface area contributed by atoms with Crippen molar-refractivity contribution in [2.75, 3.05) is 31.2 Å². The first kappa shape index (κ1) is 19.8. The molecule has 0 saturated carbocycles. The molecule has 1 saturated heterocycles. The molecule has 2 N–H and O–H groups in total. The Bertz CT molecular complexity index is 675. The fourth-order valence-electron chi connectivity index (χ4n) is 2.83. The predicted molar refractivity (Wildman–Crippen MR) is 93.1 cm³/mol. The van der Waals surface area contributed by atoms with Gasteiger partial charge in [-0.25, -0.2) is 12.8 Å². The van der Waals surface area contributed by atoms with E-state index in [1.165, 1.54) is 12.1 Å². The zero-order valence-corrected chi connectivity index (χ0v) is 15.0. The number of amides is 1. The zero-order valence-electron chi connectivity index (χ0n) is 14.2. The van der Waals surface area contributed by atoms with Gasteiger partial charge < -0.3 is 10.5 Å². The summed E-state index contributed by atoms with van der Waals surface area (Å²) in [5, 5.41) is 0. The number of hydrogen-bond donors (Lipinski definition) is 1. The van der Waals surface area contributed by atoms with E-state index in [4.69, 9.17) is 10.5 Å². The second-order valence-corrected chi connectivity index (χ2v) is 8.67. The van der Waals surface area contributed by atoms with Crippen LogP contribution in [-0.2, 0) is 25.9 Å². The highest BCUT2D eigenvalue weighted by molar-refractivity contribution is 7.91. The summed E-state index contributed by atoms with van der Waals surface area (Å²) in [5.74, 6) is -1.25. The molecule has 1 fully saturated rings. The van der Waals surface area contributed by atoms with Gasteiger partial charge in [-0.05, 0) is 30.5 Å². The van der Waals surface area contributed by atoms with Crippen molar-refractivity contribution in [3.05, 3.63) is 35.6 Å². The van der Waals surface area contributed by atoms with Crippen molar-refractivity contribution in [1.82, 2.24) is 4.90 Å². The monoisotopic (exact) mass is 372 g/mol. The molecule has 1 amide bonds. The highest BCUT2D eigenvalue weighted by Crippen LogP contribution is 2.16. The number of carbonyl (C=O) groups excluding carboxylic acids is 1. The average molecular weight is 372 g/mol. The standard InChI is InChI=1S/C17H25FN2O4S/c18-15-4-1-3-14(11-15)12-20(13-16-5-2-8-24-16)7-10-25(22,23)9-6-17(19)21/h1,3-4,11,16H,2,5-10,12-13H2,(H2,19,21)/t16-/m0/s1. The van der Waals surface area contributed by atoms with Crippen molar-refractivity contribution < 1.29 is 22.3 Å². The van der Waals surface area contributed by atoms with E-state index in [9.17, 15) is 17.6 Å². The molecule has 0 unspecified atom stereocenters. The summed E-state index contributed by atoms with van der Waals surface area (Å²) in [6, 6.07) is 6.28. The van der Waals surface area contributed by atoms with Crippen molar-refractivity contribution in [3.63, 3.8) is 0 Å². The lowest BCUT2D eigenvalue weighted by Gasteiger charge is -2.25. The van der Waals surface area contributed by atoms with Crippen LogP contribution in [0.1, 0.15) is 24.8 Å². The van der Waals surface area contributed by atoms with Crippen LogP contribution in [0.15, 0.2) is 24.3 Å². The second kappa shape index (κ2) is 9.26. The molecular weight excluding hydrogens is 347 g/mol. The molecule has 0 bridgehead atoms. The van der Waals surface area contributed by atoms with Crippen molar-refractivity contribution >= 4 is 15.7 Å². The quantitative estimate of drug-likeness (QED) is 0.664. The van der Waals surface area contributed by atoms with Crippen LogP contribution in [-0.4, -0.2) is 56.5 Å². The van der Waals surface area contributed by atoms with Gasteiger partial charge in [-0.3, -0.25) is 9.69 Å². The van der Waals surface area contributed by atoms with E-state index in [0.717, 1.165) is 25.0 Å². The number of nitrogens with zero attached hydrogens (tertiary/aromatic N) is 1. The van der Waals surface area contributed by atoms with Crippen LogP contribution >= 0.6 is 0 Å². The Morgan fingerprint density at radius 3 is 2.80 bits per heavy atom. The van der Waals surface area contributed by atoms with Crippen LogP contribution < -0.4 is 5.73 Å². The smallest absolute Gasteiger partial charge is 0.218 e. The van der Waals surface area contributed by atoms with Gasteiger partial charge in [0.05, 0.1) is 17.6 Å². The minimum Gasteiger partial charge on any atom is -0.377 e. The van der Waals surface area contributed by atoms with Crippen molar-refractivity contribution in [2.45, 2.75) is 31.9 Å². The zero-order chi connectivity index (χ0) is 18.3. The van der Waals surface area contributed by atoms with E-state index in [-0.39, 0.29) is 29.8 Å². The largest absolute Gasteiger partial charge is 0.377 e. The number of nitrogens with two attached hydrogens (primary N) is 1. The van der Waals surface area contributed by atoms with E-state index >= 15 is 0 Å². The molecule has 1 aromatic carbocycles. The number of halogens is 1. The number of rotatable bonds is 10. The Labute approximate surface area is 148 Å². The molecule has 1 heterocycles. The Balaban J connectivity index is 1.97. The predicted octanol–water partition coefficient (Wildman–Crippen LogP) is 1.10. The molecule has 2 rings (SSSR count). The summed E-state index contributed by atoms with van der Waals surface area (Å²) in [7, 11) is -3.36.